The number of aromatic nitrogens is 8. The van der Waals surface area contributed by atoms with Crippen LogP contribution in [0.1, 0.15) is 88.0 Å². The molecular formula is C65H63F3N12O8S2. The number of methoxy groups -OCH3 is 2. The number of ether oxygens (including phenoxy) is 2. The minimum Gasteiger partial charge on any atom is -0.492 e. The van der Waals surface area contributed by atoms with Crippen LogP contribution in [0.4, 0.5) is 41.6 Å². The third kappa shape index (κ3) is 12.2. The molecule has 0 aliphatic heterocycles. The Hall–Kier alpha value is -10.0. The van der Waals surface area contributed by atoms with Gasteiger partial charge in [0, 0.05) is 29.1 Å². The Morgan fingerprint density at radius 1 is 0.667 bits per heavy atom. The molecule has 2 amide bonds. The first kappa shape index (κ1) is 61.6. The van der Waals surface area contributed by atoms with Crippen molar-refractivity contribution in [1.82, 2.24) is 38.7 Å². The molecule has 10 aromatic rings. The third-order valence-electron chi connectivity index (χ3n) is 15.8. The summed E-state index contributed by atoms with van der Waals surface area (Å²) in [4.78, 5) is 42.6. The summed E-state index contributed by atoms with van der Waals surface area (Å²) < 4.78 is 122. The second-order valence-electron chi connectivity index (χ2n) is 22.3. The topological polar surface area (TPSA) is 231 Å². The monoisotopic (exact) mass is 1260 g/mol. The second-order valence-corrected chi connectivity index (χ2v) is 25.7. The molecule has 4 aromatic heterocycles. The van der Waals surface area contributed by atoms with E-state index in [2.05, 4.69) is 14.8 Å². The number of halogens is 3. The van der Waals surface area contributed by atoms with Gasteiger partial charge in [-0.2, -0.15) is 23.4 Å². The van der Waals surface area contributed by atoms with Crippen LogP contribution in [-0.4, -0.2) is 94.0 Å². The highest BCUT2D eigenvalue weighted by Gasteiger charge is 2.43. The van der Waals surface area contributed by atoms with Crippen molar-refractivity contribution in [3.63, 3.8) is 0 Å². The smallest absolute Gasteiger partial charge is 0.416 e. The van der Waals surface area contributed by atoms with E-state index in [1.165, 1.54) is 31.6 Å². The summed E-state index contributed by atoms with van der Waals surface area (Å²) in [7, 11) is -6.20. The Bertz CT molecular complexity index is 4580. The van der Waals surface area contributed by atoms with Gasteiger partial charge in [0.15, 0.2) is 11.5 Å². The van der Waals surface area contributed by atoms with Crippen molar-refractivity contribution in [3.05, 3.63) is 197 Å². The lowest BCUT2D eigenvalue weighted by Gasteiger charge is -2.31. The minimum absolute atomic E-state index is 0.117. The Morgan fingerprint density at radius 3 is 1.69 bits per heavy atom. The molecule has 464 valence electrons. The maximum absolute atomic E-state index is 16.7. The van der Waals surface area contributed by atoms with Gasteiger partial charge >= 0.3 is 6.18 Å². The molecule has 11 rings (SSSR count). The van der Waals surface area contributed by atoms with E-state index in [0.717, 1.165) is 58.4 Å². The summed E-state index contributed by atoms with van der Waals surface area (Å²) in [6, 6.07) is 31.5. The second kappa shape index (κ2) is 23.8. The van der Waals surface area contributed by atoms with Crippen LogP contribution in [0.15, 0.2) is 153 Å². The van der Waals surface area contributed by atoms with E-state index in [4.69, 9.17) is 29.6 Å². The number of carbonyl (C=O) groups excluding carboxylic acids is 2. The average Bonchev–Trinajstić information content (AvgIpc) is 1.09. The molecule has 0 radical (unpaired) electrons. The van der Waals surface area contributed by atoms with Crippen LogP contribution in [-0.2, 0) is 44.5 Å². The molecule has 3 N–H and O–H groups in total. The number of amides is 2. The zero-order valence-corrected chi connectivity index (χ0v) is 52.1. The largest absolute Gasteiger partial charge is 0.492 e. The van der Waals surface area contributed by atoms with Gasteiger partial charge in [0.1, 0.15) is 0 Å². The van der Waals surface area contributed by atoms with Gasteiger partial charge in [0.05, 0.1) is 137 Å². The minimum atomic E-state index is -5.17. The number of imidazole rings is 2. The summed E-state index contributed by atoms with van der Waals surface area (Å²) in [5, 5.41) is 12.5. The fraction of sp³-hybridized carbons (Fsp3) is 0.231. The van der Waals surface area contributed by atoms with Crippen molar-refractivity contribution in [3.8, 4) is 56.8 Å². The lowest BCUT2D eigenvalue weighted by molar-refractivity contribution is -0.137. The molecule has 6 aromatic carbocycles. The molecular weight excluding hydrogens is 1200 g/mol. The van der Waals surface area contributed by atoms with Crippen LogP contribution in [0.25, 0.3) is 45.3 Å². The lowest BCUT2D eigenvalue weighted by Crippen LogP contribution is -2.30. The normalized spacial score (nSPS) is 13.0. The number of nitrogens with zero attached hydrogens (tertiary/aromatic N) is 9. The van der Waals surface area contributed by atoms with E-state index in [1.54, 1.807) is 65.2 Å². The van der Waals surface area contributed by atoms with Gasteiger partial charge in [-0.15, -0.1) is 0 Å². The third-order valence-corrected chi connectivity index (χ3v) is 17.0. The van der Waals surface area contributed by atoms with Gasteiger partial charge in [-0.1, -0.05) is 69.3 Å². The zero-order chi connectivity index (χ0) is 64.2. The van der Waals surface area contributed by atoms with Crippen molar-refractivity contribution >= 4 is 60.3 Å². The van der Waals surface area contributed by atoms with E-state index >= 15 is 22.8 Å². The Balaban J connectivity index is 1.12. The lowest BCUT2D eigenvalue weighted by atomic mass is 9.95. The van der Waals surface area contributed by atoms with Gasteiger partial charge in [-0.25, -0.2) is 36.2 Å². The van der Waals surface area contributed by atoms with Gasteiger partial charge in [-0.3, -0.25) is 23.9 Å². The molecule has 1 fully saturated rings. The number of aryl methyl sites for hydroxylation is 2. The van der Waals surface area contributed by atoms with Gasteiger partial charge in [0.25, 0.3) is 11.8 Å². The van der Waals surface area contributed by atoms with Crippen LogP contribution < -0.4 is 29.1 Å². The molecule has 1 aliphatic rings. The number of nitrogens with one attached hydrogen (secondary N) is 3. The first-order valence-electron chi connectivity index (χ1n) is 28.5. The van der Waals surface area contributed by atoms with Gasteiger partial charge in [0.2, 0.25) is 20.0 Å². The van der Waals surface area contributed by atoms with Crippen molar-refractivity contribution in [2.45, 2.75) is 71.9 Å². The highest BCUT2D eigenvalue weighted by Crippen LogP contribution is 2.54. The maximum atomic E-state index is 16.7. The first-order chi connectivity index (χ1) is 42.8. The molecule has 0 unspecified atom stereocenters. The van der Waals surface area contributed by atoms with Crippen LogP contribution in [0.2, 0.25) is 0 Å². The average molecular weight is 1260 g/mol. The number of benzene rings is 6. The fourth-order valence-corrected chi connectivity index (χ4v) is 12.3. The number of hydrogen-bond donors (Lipinski definition) is 3. The van der Waals surface area contributed by atoms with E-state index in [9.17, 15) is 16.8 Å². The van der Waals surface area contributed by atoms with E-state index in [0.29, 0.717) is 71.6 Å². The molecule has 0 saturated heterocycles. The Kier molecular flexibility index (Phi) is 16.3. The molecule has 1 aliphatic carbocycles. The molecule has 0 spiro atoms. The number of anilines is 5. The van der Waals surface area contributed by atoms with Crippen molar-refractivity contribution in [2.75, 3.05) is 46.4 Å². The van der Waals surface area contributed by atoms with Crippen LogP contribution in [0.3, 0.4) is 0 Å². The molecule has 4 heterocycles. The standard InChI is InChI=1S/C65H63F3N12O8S2/c1-10-53-47(33-71-79(53)44-18-14-12-15-19-44)51-35-76(37-69-51)55-28-41(24-22-39(55)3)62(81)73-58-46(25-23-40(4)59(58)77-36-52(70-38-77)48-34-72-80(54(48)11-2)45-20-16-13-17-21-45)63(82)78(57-32-43(65(66,67)68)30-50(61(57)88-7)75-90(9,85)86)56-31-42(64(5)26-27-64)29-49(60(56)87-6)74-89(8,83)84/h12-25,28-38,74-75H,10-11,26-27H2,1-9H3,(H,73,81). The van der Waals surface area contributed by atoms with Crippen LogP contribution in [0.5, 0.6) is 11.5 Å². The van der Waals surface area contributed by atoms with Gasteiger partial charge < -0.3 is 23.9 Å². The Labute approximate surface area is 518 Å². The summed E-state index contributed by atoms with van der Waals surface area (Å²) in [5.74, 6) is -2.71. The highest BCUT2D eigenvalue weighted by molar-refractivity contribution is 7.92. The SMILES string of the molecule is CCc1c(-c2cn(-c3cc(C(=O)Nc4c(C(=O)N(c5cc(C(F)(F)F)cc(NS(C)(=O)=O)c5OC)c5cc(C6(C)CC6)cc(NS(C)(=O)=O)c5OC)ccc(C)c4-n4cnc(-c5cnn(-c6ccccc6)c5CC)c4)ccc3C)cn2)cnn1-c1ccccc1. The number of para-hydroxylation sites is 2. The van der Waals surface area contributed by atoms with Crippen LogP contribution >= 0.6 is 0 Å². The molecule has 0 bridgehead atoms. The zero-order valence-electron chi connectivity index (χ0n) is 50.5. The summed E-state index contributed by atoms with van der Waals surface area (Å²) in [6.07, 6.45) is 9.00. The number of sulfonamides is 2. The Morgan fingerprint density at radius 2 is 1.18 bits per heavy atom. The molecule has 20 nitrogen and oxygen atoms in total. The predicted molar refractivity (Wildman–Crippen MR) is 339 cm³/mol. The van der Waals surface area contributed by atoms with Crippen molar-refractivity contribution < 1.29 is 49.1 Å². The van der Waals surface area contributed by atoms with E-state index in [-0.39, 0.29) is 39.6 Å². The number of alkyl halides is 3. The fourth-order valence-electron chi connectivity index (χ4n) is 11.2. The van der Waals surface area contributed by atoms with Crippen molar-refractivity contribution in [1.29, 1.82) is 0 Å². The summed E-state index contributed by atoms with van der Waals surface area (Å²) >= 11 is 0. The van der Waals surface area contributed by atoms with Gasteiger partial charge in [-0.05, 0) is 128 Å². The van der Waals surface area contributed by atoms with Crippen molar-refractivity contribution in [2.24, 2.45) is 0 Å². The predicted octanol–water partition coefficient (Wildman–Crippen LogP) is 12.6. The molecule has 90 heavy (non-hydrogen) atoms. The summed E-state index contributed by atoms with van der Waals surface area (Å²) in [6.45, 7) is 9.52. The van der Waals surface area contributed by atoms with E-state index < -0.39 is 66.1 Å². The highest BCUT2D eigenvalue weighted by atomic mass is 32.2. The number of carbonyl (C=O) groups is 2. The molecule has 0 atom stereocenters. The maximum Gasteiger partial charge on any atom is 0.416 e. The summed E-state index contributed by atoms with van der Waals surface area (Å²) in [5.41, 5.74) is 4.39. The quantitative estimate of drug-likeness (QED) is 0.0647. The van der Waals surface area contributed by atoms with E-state index in [1.807, 2.05) is 104 Å². The molecule has 25 heteroatoms. The van der Waals surface area contributed by atoms with Crippen LogP contribution in [0, 0.1) is 13.8 Å². The first-order valence-corrected chi connectivity index (χ1v) is 32.3. The number of rotatable bonds is 20. The molecule has 1 saturated carbocycles. The number of hydrogen-bond acceptors (Lipinski definition) is 12.